The Balaban J connectivity index is 1.63. The van der Waals surface area contributed by atoms with Crippen molar-refractivity contribution in [3.05, 3.63) is 52.6 Å². The van der Waals surface area contributed by atoms with Crippen molar-refractivity contribution in [2.75, 3.05) is 5.75 Å². The third kappa shape index (κ3) is 3.00. The van der Waals surface area contributed by atoms with E-state index in [2.05, 4.69) is 19.9 Å². The van der Waals surface area contributed by atoms with Crippen LogP contribution in [0.4, 0.5) is 5.69 Å². The highest BCUT2D eigenvalue weighted by molar-refractivity contribution is 7.99. The fourth-order valence-electron chi connectivity index (χ4n) is 1.90. The number of nitrogens with one attached hydrogen (secondary N) is 1. The van der Waals surface area contributed by atoms with Gasteiger partial charge in [0.25, 0.3) is 5.69 Å². The molecule has 2 aromatic heterocycles. The monoisotopic (exact) mass is 301 g/mol. The van der Waals surface area contributed by atoms with E-state index in [0.717, 1.165) is 28.3 Å². The minimum Gasteiger partial charge on any atom is -0.341 e. The molecule has 1 aromatic carbocycles. The molecule has 0 saturated carbocycles. The molecule has 0 amide bonds. The molecule has 2 heterocycles. The molecule has 0 aliphatic carbocycles. The minimum atomic E-state index is -0.394. The van der Waals surface area contributed by atoms with E-state index in [1.165, 1.54) is 18.5 Å². The number of hydrogen-bond donors (Lipinski definition) is 1. The molecule has 0 radical (unpaired) electrons. The number of non-ortho nitro benzene ring substituents is 1. The lowest BCUT2D eigenvalue weighted by Crippen LogP contribution is -1.93. The summed E-state index contributed by atoms with van der Waals surface area (Å²) in [6.45, 7) is 0. The van der Waals surface area contributed by atoms with Crippen LogP contribution in [0.15, 0.2) is 41.9 Å². The Morgan fingerprint density at radius 2 is 2.00 bits per heavy atom. The summed E-state index contributed by atoms with van der Waals surface area (Å²) in [6, 6.07) is 6.62. The second-order valence-electron chi connectivity index (χ2n) is 4.30. The molecule has 8 heteroatoms. The number of fused-ring (bicyclic) bond motifs is 1. The number of thioether (sulfide) groups is 1. The van der Waals surface area contributed by atoms with Crippen LogP contribution in [0.25, 0.3) is 11.2 Å². The van der Waals surface area contributed by atoms with E-state index in [0.29, 0.717) is 5.65 Å². The SMILES string of the molecule is O=[N+]([O-])c1ccc(CCSc2ncnc3nc[nH]c23)cc1. The largest absolute Gasteiger partial charge is 0.341 e. The topological polar surface area (TPSA) is 97.6 Å². The fraction of sp³-hybridized carbons (Fsp3) is 0.154. The van der Waals surface area contributed by atoms with Crippen LogP contribution in [0.2, 0.25) is 0 Å². The summed E-state index contributed by atoms with van der Waals surface area (Å²) >= 11 is 1.60. The summed E-state index contributed by atoms with van der Waals surface area (Å²) < 4.78 is 0. The third-order valence-corrected chi connectivity index (χ3v) is 3.96. The van der Waals surface area contributed by atoms with Crippen molar-refractivity contribution in [1.82, 2.24) is 19.9 Å². The Morgan fingerprint density at radius 1 is 1.19 bits per heavy atom. The first-order chi connectivity index (χ1) is 10.2. The van der Waals surface area contributed by atoms with Crippen LogP contribution in [0.3, 0.4) is 0 Å². The van der Waals surface area contributed by atoms with Crippen LogP contribution >= 0.6 is 11.8 Å². The second-order valence-corrected chi connectivity index (χ2v) is 5.39. The standard InChI is InChI=1S/C13H11N5O2S/c19-18(20)10-3-1-9(2-4-10)5-6-21-13-11-12(15-7-14-11)16-8-17-13/h1-4,7-8H,5-6H2,(H,14,15,16,17). The lowest BCUT2D eigenvalue weighted by molar-refractivity contribution is -0.384. The van der Waals surface area contributed by atoms with Gasteiger partial charge in [-0.15, -0.1) is 11.8 Å². The van der Waals surface area contributed by atoms with Crippen LogP contribution < -0.4 is 0 Å². The molecule has 0 unspecified atom stereocenters. The van der Waals surface area contributed by atoms with Crippen molar-refractivity contribution in [3.63, 3.8) is 0 Å². The zero-order valence-corrected chi connectivity index (χ0v) is 11.7. The van der Waals surface area contributed by atoms with Gasteiger partial charge in [0.05, 0.1) is 11.3 Å². The number of aryl methyl sites for hydroxylation is 1. The highest BCUT2D eigenvalue weighted by Gasteiger charge is 2.07. The lowest BCUT2D eigenvalue weighted by atomic mass is 10.1. The summed E-state index contributed by atoms with van der Waals surface area (Å²) in [5.74, 6) is 0.822. The number of nitrogens with zero attached hydrogens (tertiary/aromatic N) is 4. The normalized spacial score (nSPS) is 10.9. The fourth-order valence-corrected chi connectivity index (χ4v) is 2.85. The number of aromatic amines is 1. The zero-order chi connectivity index (χ0) is 14.7. The molecule has 3 aromatic rings. The number of benzene rings is 1. The maximum atomic E-state index is 10.6. The van der Waals surface area contributed by atoms with Gasteiger partial charge in [-0.1, -0.05) is 12.1 Å². The molecule has 7 nitrogen and oxygen atoms in total. The zero-order valence-electron chi connectivity index (χ0n) is 10.9. The predicted molar refractivity (Wildman–Crippen MR) is 79.2 cm³/mol. The molecule has 0 spiro atoms. The molecule has 1 N–H and O–H groups in total. The number of rotatable bonds is 5. The predicted octanol–water partition coefficient (Wildman–Crippen LogP) is 2.60. The van der Waals surface area contributed by atoms with E-state index in [9.17, 15) is 10.1 Å². The average molecular weight is 301 g/mol. The van der Waals surface area contributed by atoms with Gasteiger partial charge in [0.15, 0.2) is 5.65 Å². The first-order valence-electron chi connectivity index (χ1n) is 6.24. The van der Waals surface area contributed by atoms with Crippen molar-refractivity contribution >= 4 is 28.6 Å². The number of nitro groups is 1. The summed E-state index contributed by atoms with van der Waals surface area (Å²) in [5.41, 5.74) is 2.67. The van der Waals surface area contributed by atoms with Crippen LogP contribution in [-0.2, 0) is 6.42 Å². The molecular formula is C13H11N5O2S. The molecule has 0 bridgehead atoms. The van der Waals surface area contributed by atoms with Gasteiger partial charge in [0.1, 0.15) is 16.9 Å². The highest BCUT2D eigenvalue weighted by atomic mass is 32.2. The lowest BCUT2D eigenvalue weighted by Gasteiger charge is -2.02. The van der Waals surface area contributed by atoms with Gasteiger partial charge in [0.2, 0.25) is 0 Å². The van der Waals surface area contributed by atoms with E-state index in [1.54, 1.807) is 30.2 Å². The van der Waals surface area contributed by atoms with Gasteiger partial charge >= 0.3 is 0 Å². The summed E-state index contributed by atoms with van der Waals surface area (Å²) in [5, 5.41) is 11.4. The van der Waals surface area contributed by atoms with Gasteiger partial charge in [0, 0.05) is 17.9 Å². The van der Waals surface area contributed by atoms with Gasteiger partial charge < -0.3 is 4.98 Å². The van der Waals surface area contributed by atoms with Crippen molar-refractivity contribution in [2.45, 2.75) is 11.4 Å². The second kappa shape index (κ2) is 5.88. The number of nitro benzene ring substituents is 1. The van der Waals surface area contributed by atoms with E-state index < -0.39 is 4.92 Å². The Bertz CT molecular complexity index is 772. The molecule has 21 heavy (non-hydrogen) atoms. The number of hydrogen-bond acceptors (Lipinski definition) is 6. The molecule has 0 saturated heterocycles. The molecule has 0 fully saturated rings. The van der Waals surface area contributed by atoms with E-state index in [1.807, 2.05) is 0 Å². The summed E-state index contributed by atoms with van der Waals surface area (Å²) in [6.07, 6.45) is 3.90. The Kier molecular flexibility index (Phi) is 3.78. The van der Waals surface area contributed by atoms with Crippen LogP contribution in [0.1, 0.15) is 5.56 Å². The Hall–Kier alpha value is -2.48. The Labute approximate surface area is 124 Å². The Morgan fingerprint density at radius 3 is 2.76 bits per heavy atom. The summed E-state index contributed by atoms with van der Waals surface area (Å²) in [4.78, 5) is 25.6. The first-order valence-corrected chi connectivity index (χ1v) is 7.23. The molecule has 106 valence electrons. The van der Waals surface area contributed by atoms with Crippen LogP contribution in [0.5, 0.6) is 0 Å². The molecule has 0 aliphatic heterocycles. The van der Waals surface area contributed by atoms with Crippen molar-refractivity contribution < 1.29 is 4.92 Å². The number of aromatic nitrogens is 4. The quantitative estimate of drug-likeness (QED) is 0.336. The van der Waals surface area contributed by atoms with Crippen LogP contribution in [-0.4, -0.2) is 30.6 Å². The average Bonchev–Trinajstić information content (AvgIpc) is 2.97. The van der Waals surface area contributed by atoms with E-state index in [-0.39, 0.29) is 5.69 Å². The maximum Gasteiger partial charge on any atom is 0.269 e. The van der Waals surface area contributed by atoms with E-state index >= 15 is 0 Å². The first kappa shape index (κ1) is 13.5. The van der Waals surface area contributed by atoms with Gasteiger partial charge in [-0.3, -0.25) is 10.1 Å². The van der Waals surface area contributed by atoms with Crippen LogP contribution in [0, 0.1) is 10.1 Å². The maximum absolute atomic E-state index is 10.6. The highest BCUT2D eigenvalue weighted by Crippen LogP contribution is 2.23. The van der Waals surface area contributed by atoms with Crippen molar-refractivity contribution in [2.24, 2.45) is 0 Å². The number of imidazole rings is 1. The molecule has 0 atom stereocenters. The van der Waals surface area contributed by atoms with Gasteiger partial charge in [-0.25, -0.2) is 15.0 Å². The molecule has 3 rings (SSSR count). The molecule has 0 aliphatic rings. The molecular weight excluding hydrogens is 290 g/mol. The van der Waals surface area contributed by atoms with E-state index in [4.69, 9.17) is 0 Å². The number of H-pyrrole nitrogens is 1. The summed E-state index contributed by atoms with van der Waals surface area (Å²) in [7, 11) is 0. The van der Waals surface area contributed by atoms with Gasteiger partial charge in [-0.2, -0.15) is 0 Å². The minimum absolute atomic E-state index is 0.112. The van der Waals surface area contributed by atoms with Gasteiger partial charge in [-0.05, 0) is 12.0 Å². The third-order valence-electron chi connectivity index (χ3n) is 2.96. The van der Waals surface area contributed by atoms with Crippen molar-refractivity contribution in [1.29, 1.82) is 0 Å². The smallest absolute Gasteiger partial charge is 0.269 e. The van der Waals surface area contributed by atoms with Crippen molar-refractivity contribution in [3.8, 4) is 0 Å².